The SMILES string of the molecule is CN(C(=O)c1ccncc1F)C1CC1. The zero-order valence-electron chi connectivity index (χ0n) is 7.90. The fourth-order valence-electron chi connectivity index (χ4n) is 1.37. The van der Waals surface area contributed by atoms with Gasteiger partial charge in [-0.1, -0.05) is 0 Å². The van der Waals surface area contributed by atoms with Crippen LogP contribution < -0.4 is 0 Å². The van der Waals surface area contributed by atoms with Gasteiger partial charge in [0.05, 0.1) is 11.8 Å². The van der Waals surface area contributed by atoms with E-state index in [0.717, 1.165) is 19.0 Å². The minimum Gasteiger partial charge on any atom is -0.339 e. The van der Waals surface area contributed by atoms with E-state index in [9.17, 15) is 9.18 Å². The van der Waals surface area contributed by atoms with Crippen LogP contribution in [0.3, 0.4) is 0 Å². The lowest BCUT2D eigenvalue weighted by Gasteiger charge is -2.16. The van der Waals surface area contributed by atoms with Gasteiger partial charge < -0.3 is 4.90 Å². The molecule has 1 fully saturated rings. The summed E-state index contributed by atoms with van der Waals surface area (Å²) in [6.45, 7) is 0. The Morgan fingerprint density at radius 2 is 2.36 bits per heavy atom. The van der Waals surface area contributed by atoms with E-state index in [1.165, 1.54) is 12.3 Å². The van der Waals surface area contributed by atoms with Crippen molar-refractivity contribution >= 4 is 5.91 Å². The van der Waals surface area contributed by atoms with E-state index in [4.69, 9.17) is 0 Å². The van der Waals surface area contributed by atoms with Crippen LogP contribution in [-0.4, -0.2) is 28.9 Å². The lowest BCUT2D eigenvalue weighted by molar-refractivity contribution is 0.0780. The number of amides is 1. The van der Waals surface area contributed by atoms with Crippen molar-refractivity contribution in [3.8, 4) is 0 Å². The van der Waals surface area contributed by atoms with E-state index in [1.54, 1.807) is 11.9 Å². The van der Waals surface area contributed by atoms with Gasteiger partial charge in [0.2, 0.25) is 0 Å². The van der Waals surface area contributed by atoms with Gasteiger partial charge in [-0.3, -0.25) is 9.78 Å². The number of halogens is 1. The van der Waals surface area contributed by atoms with Gasteiger partial charge in [0.1, 0.15) is 0 Å². The maximum atomic E-state index is 13.2. The summed E-state index contributed by atoms with van der Waals surface area (Å²) in [6.07, 6.45) is 4.54. The van der Waals surface area contributed by atoms with E-state index in [-0.39, 0.29) is 11.5 Å². The summed E-state index contributed by atoms with van der Waals surface area (Å²) in [7, 11) is 1.71. The Morgan fingerprint density at radius 1 is 1.64 bits per heavy atom. The molecule has 3 nitrogen and oxygen atoms in total. The van der Waals surface area contributed by atoms with Gasteiger partial charge in [0, 0.05) is 19.3 Å². The predicted octanol–water partition coefficient (Wildman–Crippen LogP) is 1.46. The minimum atomic E-state index is -0.551. The molecule has 1 aromatic rings. The van der Waals surface area contributed by atoms with E-state index >= 15 is 0 Å². The summed E-state index contributed by atoms with van der Waals surface area (Å²) in [4.78, 5) is 16.9. The van der Waals surface area contributed by atoms with E-state index < -0.39 is 5.82 Å². The lowest BCUT2D eigenvalue weighted by Crippen LogP contribution is -2.29. The highest BCUT2D eigenvalue weighted by atomic mass is 19.1. The van der Waals surface area contributed by atoms with Crippen molar-refractivity contribution in [3.63, 3.8) is 0 Å². The topological polar surface area (TPSA) is 33.2 Å². The van der Waals surface area contributed by atoms with Gasteiger partial charge >= 0.3 is 0 Å². The molecule has 74 valence electrons. The molecule has 0 bridgehead atoms. The molecule has 1 saturated carbocycles. The smallest absolute Gasteiger partial charge is 0.256 e. The van der Waals surface area contributed by atoms with Crippen molar-refractivity contribution < 1.29 is 9.18 Å². The van der Waals surface area contributed by atoms with Crippen molar-refractivity contribution in [1.82, 2.24) is 9.88 Å². The summed E-state index contributed by atoms with van der Waals surface area (Å²) in [5.41, 5.74) is 0.106. The van der Waals surface area contributed by atoms with Crippen LogP contribution in [0.2, 0.25) is 0 Å². The van der Waals surface area contributed by atoms with Crippen LogP contribution in [0, 0.1) is 5.82 Å². The number of aromatic nitrogens is 1. The van der Waals surface area contributed by atoms with Crippen LogP contribution in [0.15, 0.2) is 18.5 Å². The quantitative estimate of drug-likeness (QED) is 0.714. The van der Waals surface area contributed by atoms with Crippen molar-refractivity contribution in [2.75, 3.05) is 7.05 Å². The number of hydrogen-bond acceptors (Lipinski definition) is 2. The van der Waals surface area contributed by atoms with Crippen LogP contribution >= 0.6 is 0 Å². The molecule has 1 amide bonds. The molecule has 1 aliphatic carbocycles. The van der Waals surface area contributed by atoms with E-state index in [2.05, 4.69) is 4.98 Å². The molecule has 1 heterocycles. The molecule has 14 heavy (non-hydrogen) atoms. The van der Waals surface area contributed by atoms with Gasteiger partial charge in [-0.2, -0.15) is 0 Å². The Balaban J connectivity index is 2.21. The zero-order valence-corrected chi connectivity index (χ0v) is 7.90. The molecule has 0 spiro atoms. The molecule has 0 aromatic carbocycles. The van der Waals surface area contributed by atoms with Crippen LogP contribution in [0.5, 0.6) is 0 Å². The van der Waals surface area contributed by atoms with E-state index in [1.807, 2.05) is 0 Å². The molecule has 2 rings (SSSR count). The average molecular weight is 194 g/mol. The minimum absolute atomic E-state index is 0.106. The second-order valence-corrected chi connectivity index (χ2v) is 3.50. The monoisotopic (exact) mass is 194 g/mol. The molecular formula is C10H11FN2O. The van der Waals surface area contributed by atoms with Crippen molar-refractivity contribution in [2.24, 2.45) is 0 Å². The van der Waals surface area contributed by atoms with Gasteiger partial charge in [0.25, 0.3) is 5.91 Å². The largest absolute Gasteiger partial charge is 0.339 e. The Bertz CT molecular complexity index is 363. The third kappa shape index (κ3) is 1.60. The fraction of sp³-hybridized carbons (Fsp3) is 0.400. The van der Waals surface area contributed by atoms with Crippen LogP contribution in [0.25, 0.3) is 0 Å². The molecule has 0 unspecified atom stereocenters. The molecule has 0 saturated heterocycles. The zero-order chi connectivity index (χ0) is 10.1. The second-order valence-electron chi connectivity index (χ2n) is 3.50. The fourth-order valence-corrected chi connectivity index (χ4v) is 1.37. The average Bonchev–Trinajstić information content (AvgIpc) is 3.00. The molecule has 0 radical (unpaired) electrons. The summed E-state index contributed by atoms with van der Waals surface area (Å²) < 4.78 is 13.2. The van der Waals surface area contributed by atoms with Crippen molar-refractivity contribution in [2.45, 2.75) is 18.9 Å². The highest BCUT2D eigenvalue weighted by Crippen LogP contribution is 2.26. The standard InChI is InChI=1S/C10H11FN2O/c1-13(7-2-3-7)10(14)8-4-5-12-6-9(8)11/h4-7H,2-3H2,1H3. The van der Waals surface area contributed by atoms with Crippen molar-refractivity contribution in [1.29, 1.82) is 0 Å². The third-order valence-electron chi connectivity index (χ3n) is 2.42. The maximum absolute atomic E-state index is 13.2. The first-order valence-electron chi connectivity index (χ1n) is 4.57. The number of rotatable bonds is 2. The summed E-state index contributed by atoms with van der Waals surface area (Å²) in [5.74, 6) is -0.808. The first kappa shape index (κ1) is 9.12. The second kappa shape index (κ2) is 3.36. The predicted molar refractivity (Wildman–Crippen MR) is 49.3 cm³/mol. The third-order valence-corrected chi connectivity index (χ3v) is 2.42. The molecule has 0 aliphatic heterocycles. The normalized spacial score (nSPS) is 15.3. The number of carbonyl (C=O) groups is 1. The molecular weight excluding hydrogens is 183 g/mol. The highest BCUT2D eigenvalue weighted by Gasteiger charge is 2.30. The summed E-state index contributed by atoms with van der Waals surface area (Å²) in [6, 6.07) is 1.71. The highest BCUT2D eigenvalue weighted by molar-refractivity contribution is 5.94. The van der Waals surface area contributed by atoms with Gasteiger partial charge in [-0.15, -0.1) is 0 Å². The Labute approximate surface area is 81.6 Å². The van der Waals surface area contributed by atoms with Gasteiger partial charge in [-0.05, 0) is 18.9 Å². The number of hydrogen-bond donors (Lipinski definition) is 0. The maximum Gasteiger partial charge on any atom is 0.256 e. The summed E-state index contributed by atoms with van der Waals surface area (Å²) >= 11 is 0. The van der Waals surface area contributed by atoms with Crippen LogP contribution in [0.4, 0.5) is 4.39 Å². The number of pyridine rings is 1. The first-order valence-corrected chi connectivity index (χ1v) is 4.57. The lowest BCUT2D eigenvalue weighted by atomic mass is 10.2. The van der Waals surface area contributed by atoms with Crippen LogP contribution in [-0.2, 0) is 0 Å². The molecule has 0 N–H and O–H groups in total. The van der Waals surface area contributed by atoms with E-state index in [0.29, 0.717) is 6.04 Å². The summed E-state index contributed by atoms with van der Waals surface area (Å²) in [5, 5.41) is 0. The number of carbonyl (C=O) groups excluding carboxylic acids is 1. The Kier molecular flexibility index (Phi) is 2.19. The van der Waals surface area contributed by atoms with Crippen LogP contribution in [0.1, 0.15) is 23.2 Å². The van der Waals surface area contributed by atoms with Gasteiger partial charge in [0.15, 0.2) is 5.82 Å². The van der Waals surface area contributed by atoms with Crippen molar-refractivity contribution in [3.05, 3.63) is 29.8 Å². The molecule has 1 aliphatic rings. The Morgan fingerprint density at radius 3 is 2.93 bits per heavy atom. The molecule has 0 atom stereocenters. The number of nitrogens with zero attached hydrogens (tertiary/aromatic N) is 2. The van der Waals surface area contributed by atoms with Gasteiger partial charge in [-0.25, -0.2) is 4.39 Å². The first-order chi connectivity index (χ1) is 6.70. The Hall–Kier alpha value is -1.45. The molecule has 1 aromatic heterocycles. The molecule has 4 heteroatoms.